The first-order valence-corrected chi connectivity index (χ1v) is 21.8. The summed E-state index contributed by atoms with van der Waals surface area (Å²) < 4.78 is 153. The van der Waals surface area contributed by atoms with E-state index in [4.69, 9.17) is 20.9 Å². The van der Waals surface area contributed by atoms with E-state index in [2.05, 4.69) is 21.1 Å². The van der Waals surface area contributed by atoms with Crippen LogP contribution in [-0.2, 0) is 40.5 Å². The molecule has 0 unspecified atom stereocenters. The Bertz CT molecular complexity index is 3200. The minimum Gasteiger partial charge on any atom is -0.744 e. The fourth-order valence-corrected chi connectivity index (χ4v) is 8.62. The number of hydrogen-bond donors (Lipinski definition) is 4. The third kappa shape index (κ3) is 11.9. The summed E-state index contributed by atoms with van der Waals surface area (Å²) >= 11 is 0. The largest absolute Gasteiger partial charge is 1.00 e. The van der Waals surface area contributed by atoms with E-state index >= 15 is 0 Å². The number of hydrogen-bond acceptors (Lipinski definition) is 22. The molecule has 0 atom stereocenters. The number of hydrazone groups is 2. The van der Waals surface area contributed by atoms with E-state index in [1.54, 1.807) is 6.07 Å². The predicted molar refractivity (Wildman–Crippen MR) is 208 cm³/mol. The number of nitrogen functional groups attached to an aromatic ring is 2. The Hall–Kier alpha value is -2.52. The summed E-state index contributed by atoms with van der Waals surface area (Å²) in [5.74, 6) is -2.07. The molecule has 0 spiro atoms. The molecular formula is C34H24N6Na4O16S4. The minimum atomic E-state index is -5.43. The van der Waals surface area contributed by atoms with Gasteiger partial charge in [0.1, 0.15) is 63.4 Å². The van der Waals surface area contributed by atoms with Gasteiger partial charge in [-0.25, -0.2) is 33.7 Å². The number of Topliss-reactive ketones (excluding diaryl/α,β-unsaturated/α-hetero) is 2. The summed E-state index contributed by atoms with van der Waals surface area (Å²) in [4.78, 5) is 22.3. The van der Waals surface area contributed by atoms with E-state index in [9.17, 15) is 61.5 Å². The molecule has 0 amide bonds. The fraction of sp³-hybridized carbons (Fsp3) is 0.0588. The van der Waals surface area contributed by atoms with Gasteiger partial charge in [-0.3, -0.25) is 20.4 Å². The number of carbonyl (C=O) groups excluding carboxylic acids is 2. The van der Waals surface area contributed by atoms with Crippen molar-refractivity contribution in [2.24, 2.45) is 10.2 Å². The van der Waals surface area contributed by atoms with Crippen LogP contribution in [0.4, 0.5) is 22.7 Å². The summed E-state index contributed by atoms with van der Waals surface area (Å²) in [5.41, 5.74) is 13.1. The quantitative estimate of drug-likeness (QED) is 0.0469. The van der Waals surface area contributed by atoms with Crippen LogP contribution >= 0.6 is 0 Å². The number of benzene rings is 4. The number of ether oxygens (including phenoxy) is 2. The van der Waals surface area contributed by atoms with Gasteiger partial charge in [0.05, 0.1) is 62.0 Å². The van der Waals surface area contributed by atoms with Gasteiger partial charge in [0, 0.05) is 11.3 Å². The molecule has 30 heteroatoms. The number of fused-ring (bicyclic) bond motifs is 2. The minimum absolute atomic E-state index is 0. The second kappa shape index (κ2) is 21.6. The average Bonchev–Trinajstić information content (AvgIpc) is 3.15. The van der Waals surface area contributed by atoms with Crippen molar-refractivity contribution >= 4 is 98.4 Å². The van der Waals surface area contributed by atoms with Crippen LogP contribution in [0.1, 0.15) is 31.8 Å². The number of methoxy groups -OCH3 is 2. The maximum Gasteiger partial charge on any atom is 1.00 e. The first-order valence-electron chi connectivity index (χ1n) is 16.1. The Morgan fingerprint density at radius 3 is 1.58 bits per heavy atom. The van der Waals surface area contributed by atoms with Crippen LogP contribution in [0.15, 0.2) is 90.5 Å². The zero-order valence-corrected chi connectivity index (χ0v) is 45.4. The van der Waals surface area contributed by atoms with E-state index < -0.39 is 117 Å². The first kappa shape index (κ1) is 57.6. The number of nitrogens with two attached hydrogens (primary N) is 2. The van der Waals surface area contributed by atoms with Gasteiger partial charge in [0.2, 0.25) is 11.6 Å². The summed E-state index contributed by atoms with van der Waals surface area (Å²) in [6.07, 6.45) is 2.69. The Kier molecular flexibility index (Phi) is 19.5. The topological polar surface area (TPSA) is 382 Å². The van der Waals surface area contributed by atoms with Gasteiger partial charge in [-0.15, -0.1) is 0 Å². The molecule has 0 radical (unpaired) electrons. The monoisotopic (exact) mass is 992 g/mol. The van der Waals surface area contributed by atoms with Crippen molar-refractivity contribution in [1.82, 2.24) is 0 Å². The van der Waals surface area contributed by atoms with Crippen LogP contribution in [0.3, 0.4) is 0 Å². The van der Waals surface area contributed by atoms with Crippen LogP contribution in [0.25, 0.3) is 23.3 Å². The van der Waals surface area contributed by atoms with Gasteiger partial charge in [-0.05, 0) is 71.3 Å². The van der Waals surface area contributed by atoms with Crippen LogP contribution < -0.4 is 150 Å². The SMILES string of the molecule is COc1cc(-c2ccc(N/N=C3\C(=O)c4c(N)cc(S(=O)(=O)[O-])cc4C=C3S(=O)(=O)[O-])c(OC)c2)ccc1N/N=C1/C=Cc2c(S(=O)(=O)[O-])cc(S(=O)(=O)[O-])c(N)c2C1=O.[Na+].[Na+].[Na+].[Na+]. The Morgan fingerprint density at radius 1 is 0.594 bits per heavy atom. The van der Waals surface area contributed by atoms with Gasteiger partial charge < -0.3 is 39.2 Å². The Labute approximate surface area is 453 Å². The van der Waals surface area contributed by atoms with E-state index in [0.29, 0.717) is 35.4 Å². The van der Waals surface area contributed by atoms with Crippen molar-refractivity contribution in [3.63, 3.8) is 0 Å². The third-order valence-corrected chi connectivity index (χ3v) is 12.2. The van der Waals surface area contributed by atoms with E-state index in [-0.39, 0.29) is 141 Å². The summed E-state index contributed by atoms with van der Waals surface area (Å²) in [6, 6.07) is 10.7. The summed E-state index contributed by atoms with van der Waals surface area (Å²) in [6.45, 7) is 0. The molecular weight excluding hydrogens is 969 g/mol. The molecule has 0 fully saturated rings. The van der Waals surface area contributed by atoms with Crippen molar-refractivity contribution in [3.05, 3.63) is 87.8 Å². The van der Waals surface area contributed by atoms with Crippen molar-refractivity contribution in [3.8, 4) is 22.6 Å². The molecule has 0 aromatic heterocycles. The second-order valence-corrected chi connectivity index (χ2v) is 17.8. The van der Waals surface area contributed by atoms with Crippen molar-refractivity contribution in [2.45, 2.75) is 14.7 Å². The number of nitrogens with one attached hydrogen (secondary N) is 2. The van der Waals surface area contributed by atoms with Crippen molar-refractivity contribution in [2.75, 3.05) is 36.5 Å². The summed E-state index contributed by atoms with van der Waals surface area (Å²) in [7, 11) is -18.7. The Balaban J connectivity index is 0.00000352. The smallest absolute Gasteiger partial charge is 0.744 e. The van der Waals surface area contributed by atoms with Gasteiger partial charge in [-0.2, -0.15) is 10.2 Å². The standard InChI is InChI=1S/C34H28N6O16S4.4Na/c1-55-24-10-15(3-6-21(24)37-39-23-8-5-19-26(58(46,47)48)14-27(59(49,50)51)31(36)30(19)33(23)41)16-4-7-22(25(11-16)56-2)38-40-32-28(60(52,53)54)12-17-9-18(57(43,44)45)13-20(35)29(17)34(32)42;;;;/h3-14,37-38H,35-36H2,1-2H3,(H,43,44,45)(H,46,47,48)(H,49,50,51)(H,52,53,54);;;;/q;4*+1/p-4/b39-23-,40-32-;;;;. The number of allylic oxidation sites excluding steroid dienone is 2. The average molecular weight is 993 g/mol. The van der Waals surface area contributed by atoms with Crippen molar-refractivity contribution in [1.29, 1.82) is 0 Å². The number of carbonyl (C=O) groups is 2. The number of anilines is 4. The second-order valence-electron chi connectivity index (χ2n) is 12.4. The molecule has 4 aromatic rings. The van der Waals surface area contributed by atoms with Crippen LogP contribution in [0.2, 0.25) is 0 Å². The molecule has 314 valence electrons. The van der Waals surface area contributed by atoms with E-state index in [0.717, 1.165) is 12.2 Å². The van der Waals surface area contributed by atoms with Crippen LogP contribution in [0, 0.1) is 0 Å². The number of rotatable bonds is 11. The third-order valence-electron chi connectivity index (χ3n) is 8.75. The zero-order valence-electron chi connectivity index (χ0n) is 34.1. The molecule has 0 aliphatic heterocycles. The Morgan fingerprint density at radius 2 is 1.11 bits per heavy atom. The predicted octanol–water partition coefficient (Wildman–Crippen LogP) is -10.5. The maximum absolute atomic E-state index is 13.4. The van der Waals surface area contributed by atoms with Gasteiger partial charge in [-0.1, -0.05) is 18.2 Å². The van der Waals surface area contributed by atoms with Gasteiger partial charge >= 0.3 is 118 Å². The molecule has 6 N–H and O–H groups in total. The molecule has 4 aromatic carbocycles. The van der Waals surface area contributed by atoms with E-state index in [1.807, 2.05) is 0 Å². The van der Waals surface area contributed by atoms with Gasteiger partial charge in [0.25, 0.3) is 0 Å². The summed E-state index contributed by atoms with van der Waals surface area (Å²) in [5, 5.41) is 7.85. The molecule has 6 rings (SSSR count). The fourth-order valence-electron chi connectivity index (χ4n) is 6.02. The normalized spacial score (nSPS) is 14.7. The molecule has 0 bridgehead atoms. The molecule has 0 saturated carbocycles. The molecule has 2 aliphatic rings. The molecule has 0 saturated heterocycles. The first-order chi connectivity index (χ1) is 27.8. The number of ketones is 2. The van der Waals surface area contributed by atoms with Crippen LogP contribution in [-0.4, -0.2) is 89.1 Å². The van der Waals surface area contributed by atoms with Gasteiger partial charge in [0.15, 0.2) is 0 Å². The molecule has 2 aliphatic carbocycles. The molecule has 22 nitrogen and oxygen atoms in total. The number of nitrogens with zero attached hydrogens (tertiary/aromatic N) is 2. The molecule has 64 heavy (non-hydrogen) atoms. The zero-order chi connectivity index (χ0) is 44.3. The molecule has 0 heterocycles. The maximum atomic E-state index is 13.4. The van der Waals surface area contributed by atoms with Crippen molar-refractivity contribution < 1.29 is 189 Å². The van der Waals surface area contributed by atoms with Crippen LogP contribution in [0.5, 0.6) is 11.5 Å². The van der Waals surface area contributed by atoms with E-state index in [1.165, 1.54) is 44.6 Å².